The van der Waals surface area contributed by atoms with Crippen molar-refractivity contribution in [3.8, 4) is 0 Å². The molecule has 0 aromatic carbocycles. The second-order valence-corrected chi connectivity index (χ2v) is 4.36. The smallest absolute Gasteiger partial charge is 0.316 e. The third-order valence-electron chi connectivity index (χ3n) is 3.64. The van der Waals surface area contributed by atoms with Crippen LogP contribution in [0.3, 0.4) is 0 Å². The fourth-order valence-corrected chi connectivity index (χ4v) is 2.90. The van der Waals surface area contributed by atoms with Crippen molar-refractivity contribution < 1.29 is 14.3 Å². The molecule has 2 fully saturated rings. The Balaban J connectivity index is 2.10. The van der Waals surface area contributed by atoms with Crippen molar-refractivity contribution in [2.45, 2.75) is 32.1 Å². The average Bonchev–Trinajstić information content (AvgIpc) is 2.56. The molecular weight excluding hydrogens is 180 g/mol. The highest BCUT2D eigenvalue weighted by atomic mass is 16.5. The zero-order valence-corrected chi connectivity index (χ0v) is 8.49. The van der Waals surface area contributed by atoms with Gasteiger partial charge in [-0.3, -0.25) is 9.59 Å². The molecule has 3 unspecified atom stereocenters. The number of rotatable bonds is 1. The summed E-state index contributed by atoms with van der Waals surface area (Å²) in [5.41, 5.74) is 0. The van der Waals surface area contributed by atoms with Crippen molar-refractivity contribution in [3.05, 3.63) is 0 Å². The Morgan fingerprint density at radius 3 is 2.71 bits per heavy atom. The number of fused-ring (bicyclic) bond motifs is 1. The van der Waals surface area contributed by atoms with Crippen LogP contribution in [0.1, 0.15) is 32.1 Å². The van der Waals surface area contributed by atoms with E-state index in [0.29, 0.717) is 5.92 Å². The number of carbonyl (C=O) groups is 2. The van der Waals surface area contributed by atoms with Gasteiger partial charge in [0.1, 0.15) is 11.7 Å². The molecule has 0 amide bonds. The van der Waals surface area contributed by atoms with Crippen molar-refractivity contribution in [3.63, 3.8) is 0 Å². The number of methoxy groups -OCH3 is 1. The van der Waals surface area contributed by atoms with Crippen LogP contribution in [0, 0.1) is 17.8 Å². The zero-order valence-electron chi connectivity index (χ0n) is 8.49. The second-order valence-electron chi connectivity index (χ2n) is 4.36. The first-order chi connectivity index (χ1) is 6.74. The molecule has 2 saturated carbocycles. The summed E-state index contributed by atoms with van der Waals surface area (Å²) in [4.78, 5) is 23.2. The van der Waals surface area contributed by atoms with Gasteiger partial charge >= 0.3 is 5.97 Å². The van der Waals surface area contributed by atoms with Crippen LogP contribution in [0.25, 0.3) is 0 Å². The zero-order chi connectivity index (χ0) is 10.1. The highest BCUT2D eigenvalue weighted by molar-refractivity contribution is 6.01. The minimum Gasteiger partial charge on any atom is -0.468 e. The summed E-state index contributed by atoms with van der Waals surface area (Å²) in [7, 11) is 1.36. The van der Waals surface area contributed by atoms with Gasteiger partial charge in [0.05, 0.1) is 7.11 Å². The van der Waals surface area contributed by atoms with Crippen molar-refractivity contribution in [2.75, 3.05) is 7.11 Å². The number of hydrogen-bond acceptors (Lipinski definition) is 3. The molecule has 0 N–H and O–H groups in total. The van der Waals surface area contributed by atoms with Crippen LogP contribution in [-0.2, 0) is 14.3 Å². The predicted octanol–water partition coefficient (Wildman–Crippen LogP) is 1.55. The molecule has 0 bridgehead atoms. The Bertz CT molecular complexity index is 259. The number of ether oxygens (including phenoxy) is 1. The number of hydrogen-bond donors (Lipinski definition) is 0. The summed E-state index contributed by atoms with van der Waals surface area (Å²) in [5.74, 6) is -0.0211. The maximum atomic E-state index is 11.8. The van der Waals surface area contributed by atoms with Gasteiger partial charge in [-0.2, -0.15) is 0 Å². The van der Waals surface area contributed by atoms with Crippen molar-refractivity contribution >= 4 is 11.8 Å². The van der Waals surface area contributed by atoms with E-state index in [4.69, 9.17) is 0 Å². The minimum absolute atomic E-state index is 0.140. The topological polar surface area (TPSA) is 43.4 Å². The lowest BCUT2D eigenvalue weighted by Gasteiger charge is -2.22. The van der Waals surface area contributed by atoms with Crippen molar-refractivity contribution in [1.29, 1.82) is 0 Å². The summed E-state index contributed by atoms with van der Waals surface area (Å²) >= 11 is 0. The quantitative estimate of drug-likeness (QED) is 0.472. The Morgan fingerprint density at radius 1 is 1.36 bits per heavy atom. The van der Waals surface area contributed by atoms with Crippen LogP contribution >= 0.6 is 0 Å². The molecular formula is C11H16O3. The average molecular weight is 196 g/mol. The summed E-state index contributed by atoms with van der Waals surface area (Å²) in [5, 5.41) is 0. The Hall–Kier alpha value is -0.860. The van der Waals surface area contributed by atoms with Gasteiger partial charge in [0.25, 0.3) is 0 Å². The number of carbonyl (C=O) groups excluding carboxylic acids is 2. The van der Waals surface area contributed by atoms with Gasteiger partial charge < -0.3 is 4.74 Å². The summed E-state index contributed by atoms with van der Waals surface area (Å²) in [6.45, 7) is 0. The number of esters is 1. The Labute approximate surface area is 83.8 Å². The molecule has 2 aliphatic carbocycles. The Morgan fingerprint density at radius 2 is 2.07 bits per heavy atom. The van der Waals surface area contributed by atoms with Gasteiger partial charge in [0.2, 0.25) is 0 Å². The first kappa shape index (κ1) is 9.69. The van der Waals surface area contributed by atoms with Gasteiger partial charge in [-0.15, -0.1) is 0 Å². The summed E-state index contributed by atoms with van der Waals surface area (Å²) in [6.07, 6.45) is 5.18. The van der Waals surface area contributed by atoms with Crippen LogP contribution in [0.15, 0.2) is 0 Å². The number of ketones is 1. The molecule has 3 nitrogen and oxygen atoms in total. The first-order valence-corrected chi connectivity index (χ1v) is 5.35. The van der Waals surface area contributed by atoms with Crippen LogP contribution in [0.2, 0.25) is 0 Å². The van der Waals surface area contributed by atoms with E-state index in [9.17, 15) is 9.59 Å². The minimum atomic E-state index is -0.451. The second kappa shape index (κ2) is 3.71. The van der Waals surface area contributed by atoms with Gasteiger partial charge in [-0.25, -0.2) is 0 Å². The molecule has 3 atom stereocenters. The van der Waals surface area contributed by atoms with E-state index < -0.39 is 5.92 Å². The van der Waals surface area contributed by atoms with Crippen LogP contribution < -0.4 is 0 Å². The Kier molecular flexibility index (Phi) is 2.57. The molecule has 14 heavy (non-hydrogen) atoms. The molecule has 0 heterocycles. The van der Waals surface area contributed by atoms with Crippen molar-refractivity contribution in [2.24, 2.45) is 17.8 Å². The van der Waals surface area contributed by atoms with Crippen LogP contribution in [0.5, 0.6) is 0 Å². The summed E-state index contributed by atoms with van der Waals surface area (Å²) < 4.78 is 4.65. The van der Waals surface area contributed by atoms with Gasteiger partial charge in [-0.1, -0.05) is 12.8 Å². The lowest BCUT2D eigenvalue weighted by Crippen LogP contribution is -2.24. The fraction of sp³-hybridized carbons (Fsp3) is 0.818. The SMILES string of the molecule is COC(=O)C1CC2CCCCC2C1=O. The summed E-state index contributed by atoms with van der Waals surface area (Å²) in [6, 6.07) is 0. The number of Topliss-reactive ketones (excluding diaryl/α,β-unsaturated/α-hetero) is 1. The molecule has 0 radical (unpaired) electrons. The lowest BCUT2D eigenvalue weighted by atomic mass is 9.81. The lowest BCUT2D eigenvalue weighted by molar-refractivity contribution is -0.148. The van der Waals surface area contributed by atoms with E-state index in [1.807, 2.05) is 0 Å². The third-order valence-corrected chi connectivity index (χ3v) is 3.64. The van der Waals surface area contributed by atoms with Crippen LogP contribution in [-0.4, -0.2) is 18.9 Å². The van der Waals surface area contributed by atoms with E-state index in [1.54, 1.807) is 0 Å². The van der Waals surface area contributed by atoms with E-state index >= 15 is 0 Å². The van der Waals surface area contributed by atoms with E-state index in [0.717, 1.165) is 25.7 Å². The molecule has 0 aromatic rings. The third kappa shape index (κ3) is 1.45. The predicted molar refractivity (Wildman–Crippen MR) is 50.6 cm³/mol. The molecule has 2 aliphatic rings. The first-order valence-electron chi connectivity index (χ1n) is 5.35. The maximum absolute atomic E-state index is 11.8. The molecule has 78 valence electrons. The van der Waals surface area contributed by atoms with Gasteiger partial charge in [0, 0.05) is 5.92 Å². The van der Waals surface area contributed by atoms with Crippen LogP contribution in [0.4, 0.5) is 0 Å². The highest BCUT2D eigenvalue weighted by Crippen LogP contribution is 2.42. The molecule has 3 heteroatoms. The molecule has 0 aromatic heterocycles. The van der Waals surface area contributed by atoms with E-state index in [-0.39, 0.29) is 17.7 Å². The molecule has 0 spiro atoms. The van der Waals surface area contributed by atoms with Gasteiger partial charge in [-0.05, 0) is 25.2 Å². The van der Waals surface area contributed by atoms with Crippen molar-refractivity contribution in [1.82, 2.24) is 0 Å². The molecule has 2 rings (SSSR count). The largest absolute Gasteiger partial charge is 0.468 e. The van der Waals surface area contributed by atoms with Gasteiger partial charge in [0.15, 0.2) is 0 Å². The fourth-order valence-electron chi connectivity index (χ4n) is 2.90. The molecule has 0 aliphatic heterocycles. The molecule has 0 saturated heterocycles. The van der Waals surface area contributed by atoms with E-state index in [1.165, 1.54) is 13.5 Å². The monoisotopic (exact) mass is 196 g/mol. The maximum Gasteiger partial charge on any atom is 0.316 e. The normalized spacial score (nSPS) is 36.6. The van der Waals surface area contributed by atoms with E-state index in [2.05, 4.69) is 4.74 Å². The standard InChI is InChI=1S/C11H16O3/c1-14-11(13)9-6-7-4-2-3-5-8(7)10(9)12/h7-9H,2-6H2,1H3. The highest BCUT2D eigenvalue weighted by Gasteiger charge is 2.46.